The summed E-state index contributed by atoms with van der Waals surface area (Å²) in [5.74, 6) is 2.17. The Bertz CT molecular complexity index is 1170. The Hall–Kier alpha value is -3.02. The van der Waals surface area contributed by atoms with Crippen molar-refractivity contribution < 1.29 is 14.6 Å². The Morgan fingerprint density at radius 1 is 0.935 bits per heavy atom. The van der Waals surface area contributed by atoms with Gasteiger partial charge in [-0.3, -0.25) is 0 Å². The van der Waals surface area contributed by atoms with Gasteiger partial charge in [0, 0.05) is 0 Å². The van der Waals surface area contributed by atoms with Crippen LogP contribution in [0.4, 0.5) is 0 Å². The Kier molecular flexibility index (Phi) is 6.44. The van der Waals surface area contributed by atoms with Crippen molar-refractivity contribution >= 4 is 22.6 Å². The molecule has 0 fully saturated rings. The number of benzene rings is 3. The number of hydrogen-bond donors (Lipinski definition) is 1. The molecule has 0 spiro atoms. The molecule has 0 saturated heterocycles. The normalized spacial score (nSPS) is 12.1. The minimum atomic E-state index is -0.743. The molecular weight excluding hydrogens is 412 g/mol. The van der Waals surface area contributed by atoms with Gasteiger partial charge >= 0.3 is 0 Å². The summed E-state index contributed by atoms with van der Waals surface area (Å²) < 4.78 is 13.8. The number of halogens is 1. The van der Waals surface area contributed by atoms with Crippen LogP contribution in [-0.2, 0) is 13.2 Å². The number of aliphatic hydroxyl groups excluding tert-OH is 1. The van der Waals surface area contributed by atoms with Crippen molar-refractivity contribution in [3.8, 4) is 11.5 Å². The lowest BCUT2D eigenvalue weighted by atomic mass is 10.1. The summed E-state index contributed by atoms with van der Waals surface area (Å²) in [5, 5.41) is 11.2. The summed E-state index contributed by atoms with van der Waals surface area (Å²) in [5.41, 5.74) is 3.97. The number of imidazole rings is 1. The van der Waals surface area contributed by atoms with Crippen LogP contribution in [0.25, 0.3) is 11.0 Å². The lowest BCUT2D eigenvalue weighted by molar-refractivity contribution is 0.0918. The third-order valence-electron chi connectivity index (χ3n) is 5.15. The van der Waals surface area contributed by atoms with Crippen molar-refractivity contribution in [3.63, 3.8) is 0 Å². The van der Waals surface area contributed by atoms with Gasteiger partial charge < -0.3 is 19.1 Å². The summed E-state index contributed by atoms with van der Waals surface area (Å²) in [7, 11) is 0. The third-order valence-corrected chi connectivity index (χ3v) is 5.46. The maximum Gasteiger partial charge on any atom is 0.148 e. The smallest absolute Gasteiger partial charge is 0.148 e. The zero-order valence-corrected chi connectivity index (χ0v) is 18.3. The molecule has 4 aromatic rings. The molecule has 0 saturated carbocycles. The second-order valence-electron chi connectivity index (χ2n) is 7.53. The molecule has 1 N–H and O–H groups in total. The van der Waals surface area contributed by atoms with Crippen LogP contribution in [0.1, 0.15) is 17.0 Å². The van der Waals surface area contributed by atoms with E-state index in [0.29, 0.717) is 23.9 Å². The van der Waals surface area contributed by atoms with Crippen LogP contribution in [0.2, 0.25) is 5.02 Å². The molecule has 0 aliphatic rings. The topological polar surface area (TPSA) is 56.5 Å². The van der Waals surface area contributed by atoms with E-state index in [4.69, 9.17) is 26.1 Å². The predicted octanol–water partition coefficient (Wildman–Crippen LogP) is 5.33. The molecule has 4 rings (SSSR count). The van der Waals surface area contributed by atoms with Gasteiger partial charge in [0.05, 0.1) is 22.6 Å². The highest BCUT2D eigenvalue weighted by Gasteiger charge is 2.16. The van der Waals surface area contributed by atoms with E-state index < -0.39 is 6.10 Å². The number of fused-ring (bicyclic) bond motifs is 1. The van der Waals surface area contributed by atoms with E-state index in [2.05, 4.69) is 0 Å². The van der Waals surface area contributed by atoms with Gasteiger partial charge in [-0.1, -0.05) is 54.1 Å². The summed E-state index contributed by atoms with van der Waals surface area (Å²) >= 11 is 6.14. The van der Waals surface area contributed by atoms with Crippen molar-refractivity contribution in [1.29, 1.82) is 0 Å². The first-order chi connectivity index (χ1) is 15.0. The van der Waals surface area contributed by atoms with E-state index in [1.54, 1.807) is 12.1 Å². The minimum absolute atomic E-state index is 0.118. The molecule has 1 unspecified atom stereocenters. The van der Waals surface area contributed by atoms with E-state index in [1.807, 2.05) is 73.0 Å². The fourth-order valence-corrected chi connectivity index (χ4v) is 3.80. The fourth-order valence-electron chi connectivity index (χ4n) is 3.61. The first-order valence-electron chi connectivity index (χ1n) is 10.2. The summed E-state index contributed by atoms with van der Waals surface area (Å²) in [6, 6.07) is 21.2. The average Bonchev–Trinajstić information content (AvgIpc) is 3.10. The van der Waals surface area contributed by atoms with E-state index >= 15 is 0 Å². The van der Waals surface area contributed by atoms with Crippen LogP contribution in [-0.4, -0.2) is 27.4 Å². The second kappa shape index (κ2) is 9.41. The van der Waals surface area contributed by atoms with E-state index in [9.17, 15) is 5.11 Å². The first-order valence-corrected chi connectivity index (χ1v) is 10.6. The number of aromatic nitrogens is 2. The zero-order valence-electron chi connectivity index (χ0n) is 17.6. The Morgan fingerprint density at radius 2 is 1.65 bits per heavy atom. The van der Waals surface area contributed by atoms with Gasteiger partial charge in [0.1, 0.15) is 36.6 Å². The highest BCUT2D eigenvalue weighted by Crippen LogP contribution is 2.25. The Labute approximate surface area is 186 Å². The third kappa shape index (κ3) is 4.84. The van der Waals surface area contributed by atoms with Gasteiger partial charge in [-0.25, -0.2) is 4.98 Å². The zero-order chi connectivity index (χ0) is 21.8. The number of aryl methyl sites for hydroxylation is 2. The van der Waals surface area contributed by atoms with Crippen LogP contribution in [0.5, 0.6) is 11.5 Å². The molecule has 0 aliphatic carbocycles. The van der Waals surface area contributed by atoms with Crippen molar-refractivity contribution in [3.05, 3.63) is 88.7 Å². The molecule has 0 aliphatic heterocycles. The SMILES string of the molecule is Cc1cccc(C)c1OCc1nc2ccccc2n1CC(O)COc1ccccc1Cl. The van der Waals surface area contributed by atoms with Gasteiger partial charge in [0.15, 0.2) is 0 Å². The van der Waals surface area contributed by atoms with Gasteiger partial charge in [0.25, 0.3) is 0 Å². The summed E-state index contributed by atoms with van der Waals surface area (Å²) in [6.45, 7) is 4.81. The molecule has 3 aromatic carbocycles. The first kappa shape index (κ1) is 21.2. The molecular formula is C25H25ClN2O3. The summed E-state index contributed by atoms with van der Waals surface area (Å²) in [6.07, 6.45) is -0.743. The van der Waals surface area contributed by atoms with Crippen molar-refractivity contribution in [2.45, 2.75) is 33.1 Å². The van der Waals surface area contributed by atoms with Gasteiger partial charge in [-0.05, 0) is 49.2 Å². The van der Waals surface area contributed by atoms with Crippen LogP contribution < -0.4 is 9.47 Å². The monoisotopic (exact) mass is 436 g/mol. The van der Waals surface area contributed by atoms with Crippen LogP contribution in [0.3, 0.4) is 0 Å². The lowest BCUT2D eigenvalue weighted by Gasteiger charge is -2.17. The Balaban J connectivity index is 1.53. The standard InChI is InChI=1S/C25H25ClN2O3/c1-17-8-7-9-18(2)25(17)31-16-24-27-21-11-4-5-12-22(21)28(24)14-19(29)15-30-23-13-6-3-10-20(23)26/h3-13,19,29H,14-16H2,1-2H3. The molecule has 31 heavy (non-hydrogen) atoms. The van der Waals surface area contributed by atoms with Gasteiger partial charge in [-0.15, -0.1) is 0 Å². The minimum Gasteiger partial charge on any atom is -0.489 e. The number of hydrogen-bond acceptors (Lipinski definition) is 4. The number of ether oxygens (including phenoxy) is 2. The Morgan fingerprint density at radius 3 is 2.42 bits per heavy atom. The molecule has 0 radical (unpaired) electrons. The van der Waals surface area contributed by atoms with Crippen LogP contribution in [0.15, 0.2) is 66.7 Å². The van der Waals surface area contributed by atoms with Gasteiger partial charge in [0.2, 0.25) is 0 Å². The molecule has 5 nitrogen and oxygen atoms in total. The number of para-hydroxylation sites is 4. The predicted molar refractivity (Wildman–Crippen MR) is 123 cm³/mol. The average molecular weight is 437 g/mol. The maximum absolute atomic E-state index is 10.7. The molecule has 0 bridgehead atoms. The van der Waals surface area contributed by atoms with E-state index in [1.165, 1.54) is 0 Å². The fraction of sp³-hybridized carbons (Fsp3) is 0.240. The molecule has 1 aromatic heterocycles. The van der Waals surface area contributed by atoms with Crippen molar-refractivity contribution in [2.24, 2.45) is 0 Å². The highest BCUT2D eigenvalue weighted by molar-refractivity contribution is 6.32. The number of aliphatic hydroxyl groups is 1. The van der Waals surface area contributed by atoms with E-state index in [0.717, 1.165) is 33.7 Å². The number of rotatable bonds is 8. The molecule has 1 heterocycles. The van der Waals surface area contributed by atoms with E-state index in [-0.39, 0.29) is 6.61 Å². The largest absolute Gasteiger partial charge is 0.489 e. The van der Waals surface area contributed by atoms with Crippen LogP contribution in [0, 0.1) is 13.8 Å². The maximum atomic E-state index is 10.7. The van der Waals surface area contributed by atoms with Crippen molar-refractivity contribution in [2.75, 3.05) is 6.61 Å². The van der Waals surface area contributed by atoms with Crippen LogP contribution >= 0.6 is 11.6 Å². The van der Waals surface area contributed by atoms with Crippen molar-refractivity contribution in [1.82, 2.24) is 9.55 Å². The molecule has 160 valence electrons. The number of nitrogens with zero attached hydrogens (tertiary/aromatic N) is 2. The molecule has 1 atom stereocenters. The highest BCUT2D eigenvalue weighted by atomic mass is 35.5. The quantitative estimate of drug-likeness (QED) is 0.406. The molecule has 6 heteroatoms. The van der Waals surface area contributed by atoms with Gasteiger partial charge in [-0.2, -0.15) is 0 Å². The second-order valence-corrected chi connectivity index (χ2v) is 7.94. The lowest BCUT2D eigenvalue weighted by Crippen LogP contribution is -2.25. The summed E-state index contributed by atoms with van der Waals surface area (Å²) in [4.78, 5) is 4.74. The molecule has 0 amide bonds.